The number of rotatable bonds is 2. The monoisotopic (exact) mass is 267 g/mol. The summed E-state index contributed by atoms with van der Waals surface area (Å²) in [6, 6.07) is 11.6. The Kier molecular flexibility index (Phi) is 4.07. The number of methoxy groups -OCH3 is 1. The summed E-state index contributed by atoms with van der Waals surface area (Å²) in [6.07, 6.45) is 0. The number of halogens is 1. The molecule has 2 nitrogen and oxygen atoms in total. The third-order valence-corrected chi connectivity index (χ3v) is 2.82. The van der Waals surface area contributed by atoms with Crippen molar-refractivity contribution in [3.63, 3.8) is 0 Å². The lowest BCUT2D eigenvalue weighted by Crippen LogP contribution is -1.92. The summed E-state index contributed by atoms with van der Waals surface area (Å²) in [6.45, 7) is 3.82. The minimum atomic E-state index is -0.363. The summed E-state index contributed by atoms with van der Waals surface area (Å²) >= 11 is 0. The smallest absolute Gasteiger partial charge is 0.124 e. The summed E-state index contributed by atoms with van der Waals surface area (Å²) < 4.78 is 18.3. The highest BCUT2D eigenvalue weighted by Crippen LogP contribution is 2.18. The normalized spacial score (nSPS) is 9.50. The second-order valence-corrected chi connectivity index (χ2v) is 4.15. The molecule has 0 saturated carbocycles. The van der Waals surface area contributed by atoms with E-state index < -0.39 is 0 Å². The third kappa shape index (κ3) is 2.99. The molecule has 3 heteroatoms. The maximum absolute atomic E-state index is 13.2. The zero-order valence-corrected chi connectivity index (χ0v) is 11.1. The summed E-state index contributed by atoms with van der Waals surface area (Å²) in [5, 5.41) is 0. The molecule has 0 radical (unpaired) electrons. The van der Waals surface area contributed by atoms with Crippen molar-refractivity contribution in [3.05, 3.63) is 71.6 Å². The molecule has 100 valence electrons. The van der Waals surface area contributed by atoms with Gasteiger partial charge >= 0.3 is 0 Å². The lowest BCUT2D eigenvalue weighted by molar-refractivity contribution is 0.371. The molecule has 0 heterocycles. The first kappa shape index (κ1) is 13.7. The van der Waals surface area contributed by atoms with Crippen LogP contribution in [0.4, 0.5) is 10.1 Å². The van der Waals surface area contributed by atoms with Crippen LogP contribution in [0.1, 0.15) is 16.7 Å². The van der Waals surface area contributed by atoms with Crippen molar-refractivity contribution >= 4 is 11.4 Å². The number of hydrogen-bond donors (Lipinski definition) is 1. The van der Waals surface area contributed by atoms with E-state index >= 15 is 0 Å². The standard InChI is InChI=1S/C17H14FNO/c1-12(20-2)16-6-4-3-5-13(16)7-8-14-11-15(18)9-10-17(14)19/h3-6,9-11H,1,19H2,2H3. The van der Waals surface area contributed by atoms with Crippen LogP contribution in [0.2, 0.25) is 0 Å². The van der Waals surface area contributed by atoms with Gasteiger partial charge in [0.1, 0.15) is 11.6 Å². The van der Waals surface area contributed by atoms with Crippen LogP contribution >= 0.6 is 0 Å². The van der Waals surface area contributed by atoms with Gasteiger partial charge < -0.3 is 10.5 Å². The molecule has 2 aromatic rings. The van der Waals surface area contributed by atoms with Gasteiger partial charge in [0.15, 0.2) is 0 Å². The minimum Gasteiger partial charge on any atom is -0.497 e. The zero-order chi connectivity index (χ0) is 14.5. The summed E-state index contributed by atoms with van der Waals surface area (Å²) in [5.74, 6) is 6.02. The molecule has 0 aromatic heterocycles. The van der Waals surface area contributed by atoms with Gasteiger partial charge in [-0.3, -0.25) is 0 Å². The van der Waals surface area contributed by atoms with Crippen LogP contribution in [0.15, 0.2) is 49.0 Å². The molecule has 0 fully saturated rings. The number of benzene rings is 2. The van der Waals surface area contributed by atoms with Crippen LogP contribution in [0.5, 0.6) is 0 Å². The predicted molar refractivity (Wildman–Crippen MR) is 79.3 cm³/mol. The molecular weight excluding hydrogens is 253 g/mol. The zero-order valence-electron chi connectivity index (χ0n) is 11.1. The van der Waals surface area contributed by atoms with E-state index in [-0.39, 0.29) is 5.82 Å². The number of nitrogen functional groups attached to an aromatic ring is 1. The van der Waals surface area contributed by atoms with E-state index in [1.807, 2.05) is 24.3 Å². The summed E-state index contributed by atoms with van der Waals surface area (Å²) in [5.41, 5.74) is 8.23. The molecule has 20 heavy (non-hydrogen) atoms. The number of anilines is 1. The average Bonchev–Trinajstić information content (AvgIpc) is 2.47. The largest absolute Gasteiger partial charge is 0.497 e. The second kappa shape index (κ2) is 5.94. The van der Waals surface area contributed by atoms with Crippen molar-refractivity contribution in [2.24, 2.45) is 0 Å². The molecule has 0 aliphatic heterocycles. The van der Waals surface area contributed by atoms with Gasteiger partial charge in [-0.15, -0.1) is 0 Å². The van der Waals surface area contributed by atoms with Crippen molar-refractivity contribution < 1.29 is 9.13 Å². The van der Waals surface area contributed by atoms with Gasteiger partial charge in [0, 0.05) is 16.8 Å². The molecular formula is C17H14FNO. The third-order valence-electron chi connectivity index (χ3n) is 2.82. The Labute approximate surface area is 117 Å². The molecule has 0 aliphatic carbocycles. The van der Waals surface area contributed by atoms with Gasteiger partial charge in [0.05, 0.1) is 12.7 Å². The van der Waals surface area contributed by atoms with E-state index in [1.165, 1.54) is 18.2 Å². The Bertz CT molecular complexity index is 710. The van der Waals surface area contributed by atoms with Crippen LogP contribution in [0.3, 0.4) is 0 Å². The van der Waals surface area contributed by atoms with Crippen LogP contribution < -0.4 is 5.73 Å². The van der Waals surface area contributed by atoms with Crippen LogP contribution in [-0.4, -0.2) is 7.11 Å². The quantitative estimate of drug-likeness (QED) is 0.514. The highest BCUT2D eigenvalue weighted by atomic mass is 19.1. The number of hydrogen-bond acceptors (Lipinski definition) is 2. The lowest BCUT2D eigenvalue weighted by Gasteiger charge is -2.06. The topological polar surface area (TPSA) is 35.2 Å². The van der Waals surface area contributed by atoms with Crippen LogP contribution in [0, 0.1) is 17.7 Å². The average molecular weight is 267 g/mol. The predicted octanol–water partition coefficient (Wildman–Crippen LogP) is 3.42. The molecule has 0 spiro atoms. The van der Waals surface area contributed by atoms with Crippen LogP contribution in [0.25, 0.3) is 5.76 Å². The lowest BCUT2D eigenvalue weighted by atomic mass is 10.1. The molecule has 2 N–H and O–H groups in total. The SMILES string of the molecule is C=C(OC)c1ccccc1C#Cc1cc(F)ccc1N. The van der Waals surface area contributed by atoms with Crippen molar-refractivity contribution in [1.82, 2.24) is 0 Å². The van der Waals surface area contributed by atoms with Crippen molar-refractivity contribution in [1.29, 1.82) is 0 Å². The summed E-state index contributed by atoms with van der Waals surface area (Å²) in [4.78, 5) is 0. The molecule has 0 amide bonds. The van der Waals surface area contributed by atoms with Gasteiger partial charge in [-0.05, 0) is 24.3 Å². The molecule has 0 atom stereocenters. The van der Waals surface area contributed by atoms with E-state index in [9.17, 15) is 4.39 Å². The van der Waals surface area contributed by atoms with Gasteiger partial charge in [-0.2, -0.15) is 0 Å². The van der Waals surface area contributed by atoms with Gasteiger partial charge in [-0.25, -0.2) is 4.39 Å². The van der Waals surface area contributed by atoms with Crippen LogP contribution in [-0.2, 0) is 4.74 Å². The Morgan fingerprint density at radius 3 is 2.60 bits per heavy atom. The van der Waals surface area contributed by atoms with Crippen molar-refractivity contribution in [2.75, 3.05) is 12.8 Å². The number of nitrogens with two attached hydrogens (primary N) is 1. The first-order valence-corrected chi connectivity index (χ1v) is 6.01. The van der Waals surface area contributed by atoms with E-state index in [2.05, 4.69) is 18.4 Å². The highest BCUT2D eigenvalue weighted by Gasteiger charge is 2.03. The van der Waals surface area contributed by atoms with E-state index in [0.29, 0.717) is 17.0 Å². The molecule has 0 saturated heterocycles. The Balaban J connectivity index is 2.43. The first-order chi connectivity index (χ1) is 9.61. The first-order valence-electron chi connectivity index (χ1n) is 6.01. The second-order valence-electron chi connectivity index (χ2n) is 4.15. The highest BCUT2D eigenvalue weighted by molar-refractivity contribution is 5.66. The fourth-order valence-corrected chi connectivity index (χ4v) is 1.72. The molecule has 2 rings (SSSR count). The maximum atomic E-state index is 13.2. The van der Waals surface area contributed by atoms with Gasteiger partial charge in [0.2, 0.25) is 0 Å². The summed E-state index contributed by atoms with van der Waals surface area (Å²) in [7, 11) is 1.55. The molecule has 0 unspecified atom stereocenters. The Hall–Kier alpha value is -2.73. The fourth-order valence-electron chi connectivity index (χ4n) is 1.72. The number of ether oxygens (including phenoxy) is 1. The maximum Gasteiger partial charge on any atom is 0.124 e. The minimum absolute atomic E-state index is 0.363. The van der Waals surface area contributed by atoms with Crippen molar-refractivity contribution in [3.8, 4) is 11.8 Å². The van der Waals surface area contributed by atoms with E-state index in [4.69, 9.17) is 10.5 Å². The van der Waals surface area contributed by atoms with Gasteiger partial charge in [-0.1, -0.05) is 36.6 Å². The Morgan fingerprint density at radius 1 is 1.15 bits per heavy atom. The van der Waals surface area contributed by atoms with E-state index in [0.717, 1.165) is 11.1 Å². The Morgan fingerprint density at radius 2 is 1.85 bits per heavy atom. The van der Waals surface area contributed by atoms with Crippen molar-refractivity contribution in [2.45, 2.75) is 0 Å². The van der Waals surface area contributed by atoms with Gasteiger partial charge in [0.25, 0.3) is 0 Å². The molecule has 2 aromatic carbocycles. The molecule has 0 bridgehead atoms. The fraction of sp³-hybridized carbons (Fsp3) is 0.0588. The van der Waals surface area contributed by atoms with E-state index in [1.54, 1.807) is 7.11 Å². The molecule has 0 aliphatic rings.